The molecule has 5 heteroatoms. The van der Waals surface area contributed by atoms with Gasteiger partial charge in [0, 0.05) is 70.0 Å². The Labute approximate surface area is 197 Å². The largest absolute Gasteiger partial charge is 0.362 e. The third-order valence-electron chi connectivity index (χ3n) is 7.16. The first-order chi connectivity index (χ1) is 16.1. The number of ketones is 2. The summed E-state index contributed by atoms with van der Waals surface area (Å²) in [6.07, 6.45) is 6.72. The van der Waals surface area contributed by atoms with E-state index in [-0.39, 0.29) is 17.5 Å². The van der Waals surface area contributed by atoms with Gasteiger partial charge in [0.15, 0.2) is 11.6 Å². The standard InChI is InChI=1S/C28H25ClN2O2/c29-18-7-3-6-17(14-18)15-31-16-20(19-8-1-2-11-23(19)31)26-27-21(9-4-12-24(27)32)30-22-10-5-13-25(33)28(22)26/h1-3,6-8,11,14,16,26,30H,4-5,9-10,12-13,15H2. The highest BCUT2D eigenvalue weighted by Gasteiger charge is 2.41. The average molecular weight is 457 g/mol. The van der Waals surface area contributed by atoms with Crippen LogP contribution in [0.2, 0.25) is 5.02 Å². The van der Waals surface area contributed by atoms with E-state index in [1.807, 2.05) is 30.3 Å². The summed E-state index contributed by atoms with van der Waals surface area (Å²) < 4.78 is 2.22. The molecule has 0 atom stereocenters. The van der Waals surface area contributed by atoms with Crippen LogP contribution in [0.3, 0.4) is 0 Å². The summed E-state index contributed by atoms with van der Waals surface area (Å²) in [5.74, 6) is 0.0538. The van der Waals surface area contributed by atoms with Crippen LogP contribution in [0, 0.1) is 0 Å². The molecular weight excluding hydrogens is 432 g/mol. The van der Waals surface area contributed by atoms with E-state index in [1.165, 1.54) is 0 Å². The minimum absolute atomic E-state index is 0.172. The Hall–Kier alpha value is -3.11. The molecule has 0 spiro atoms. The molecule has 3 aliphatic rings. The van der Waals surface area contributed by atoms with Crippen LogP contribution in [-0.2, 0) is 16.1 Å². The number of rotatable bonds is 3. The number of carbonyl (C=O) groups is 2. The predicted molar refractivity (Wildman–Crippen MR) is 130 cm³/mol. The Kier molecular flexibility index (Phi) is 4.99. The number of carbonyl (C=O) groups excluding carboxylic acids is 2. The zero-order valence-electron chi connectivity index (χ0n) is 18.4. The summed E-state index contributed by atoms with van der Waals surface area (Å²) in [6, 6.07) is 16.2. The van der Waals surface area contributed by atoms with Crippen molar-refractivity contribution in [2.24, 2.45) is 0 Å². The van der Waals surface area contributed by atoms with Crippen LogP contribution in [0.25, 0.3) is 10.9 Å². The number of hydrogen-bond acceptors (Lipinski definition) is 3. The second-order valence-corrected chi connectivity index (χ2v) is 9.69. The van der Waals surface area contributed by atoms with Crippen LogP contribution in [-0.4, -0.2) is 16.1 Å². The Balaban J connectivity index is 1.55. The summed E-state index contributed by atoms with van der Waals surface area (Å²) >= 11 is 6.24. The molecule has 1 aromatic heterocycles. The van der Waals surface area contributed by atoms with Crippen molar-refractivity contribution < 1.29 is 9.59 Å². The lowest BCUT2D eigenvalue weighted by molar-refractivity contribution is -0.116. The molecule has 166 valence electrons. The lowest BCUT2D eigenvalue weighted by atomic mass is 9.71. The van der Waals surface area contributed by atoms with Gasteiger partial charge in [-0.05, 0) is 55.0 Å². The molecule has 2 aliphatic carbocycles. The number of halogens is 1. The van der Waals surface area contributed by atoms with Crippen molar-refractivity contribution in [2.75, 3.05) is 0 Å². The van der Waals surface area contributed by atoms with Gasteiger partial charge in [-0.3, -0.25) is 9.59 Å². The van der Waals surface area contributed by atoms with Gasteiger partial charge in [-0.25, -0.2) is 0 Å². The molecule has 0 fully saturated rings. The highest BCUT2D eigenvalue weighted by molar-refractivity contribution is 6.30. The molecule has 0 unspecified atom stereocenters. The molecular formula is C28H25ClN2O2. The molecule has 0 radical (unpaired) electrons. The fraction of sp³-hybridized carbons (Fsp3) is 0.286. The lowest BCUT2D eigenvalue weighted by Crippen LogP contribution is -2.36. The van der Waals surface area contributed by atoms with Gasteiger partial charge in [0.25, 0.3) is 0 Å². The van der Waals surface area contributed by atoms with Crippen molar-refractivity contribution in [2.45, 2.75) is 51.0 Å². The Morgan fingerprint density at radius 3 is 2.27 bits per heavy atom. The van der Waals surface area contributed by atoms with E-state index >= 15 is 0 Å². The molecule has 0 bridgehead atoms. The van der Waals surface area contributed by atoms with Gasteiger partial charge in [0.1, 0.15) is 0 Å². The van der Waals surface area contributed by atoms with Crippen LogP contribution < -0.4 is 5.32 Å². The van der Waals surface area contributed by atoms with Gasteiger partial charge in [-0.1, -0.05) is 41.9 Å². The molecule has 4 nitrogen and oxygen atoms in total. The third-order valence-corrected chi connectivity index (χ3v) is 7.40. The van der Waals surface area contributed by atoms with Crippen LogP contribution >= 0.6 is 11.6 Å². The number of allylic oxidation sites excluding steroid dienone is 4. The first-order valence-electron chi connectivity index (χ1n) is 11.7. The van der Waals surface area contributed by atoms with E-state index in [2.05, 4.69) is 34.3 Å². The van der Waals surface area contributed by atoms with E-state index in [4.69, 9.17) is 11.6 Å². The molecule has 3 aromatic rings. The molecule has 0 amide bonds. The summed E-state index contributed by atoms with van der Waals surface area (Å²) in [7, 11) is 0. The zero-order valence-corrected chi connectivity index (χ0v) is 19.1. The number of fused-ring (bicyclic) bond motifs is 1. The SMILES string of the molecule is O=C1CCCC2=C1C(c1cn(Cc3cccc(Cl)c3)c3ccccc13)C1=C(CCCC1=O)N2. The Morgan fingerprint density at radius 1 is 0.879 bits per heavy atom. The molecule has 1 aliphatic heterocycles. The quantitative estimate of drug-likeness (QED) is 0.522. The van der Waals surface area contributed by atoms with Gasteiger partial charge < -0.3 is 9.88 Å². The maximum absolute atomic E-state index is 13.2. The number of nitrogens with zero attached hydrogens (tertiary/aromatic N) is 1. The second kappa shape index (κ2) is 8.03. The van der Waals surface area contributed by atoms with Crippen molar-refractivity contribution in [1.82, 2.24) is 9.88 Å². The summed E-state index contributed by atoms with van der Waals surface area (Å²) in [4.78, 5) is 26.4. The Bertz CT molecular complexity index is 1340. The van der Waals surface area contributed by atoms with Crippen LogP contribution in [0.1, 0.15) is 55.6 Å². The van der Waals surface area contributed by atoms with Crippen molar-refractivity contribution in [1.29, 1.82) is 0 Å². The zero-order chi connectivity index (χ0) is 22.5. The number of aromatic nitrogens is 1. The number of Topliss-reactive ketones (excluding diaryl/α,β-unsaturated/α-hetero) is 2. The van der Waals surface area contributed by atoms with E-state index in [9.17, 15) is 9.59 Å². The van der Waals surface area contributed by atoms with Crippen molar-refractivity contribution in [3.05, 3.63) is 93.4 Å². The summed E-state index contributed by atoms with van der Waals surface area (Å²) in [5.41, 5.74) is 6.93. The van der Waals surface area contributed by atoms with Gasteiger partial charge in [-0.2, -0.15) is 0 Å². The fourth-order valence-electron chi connectivity index (χ4n) is 5.76. The van der Waals surface area contributed by atoms with Gasteiger partial charge in [0.05, 0.1) is 0 Å². The molecule has 1 N–H and O–H groups in total. The first kappa shape index (κ1) is 20.5. The normalized spacial score (nSPS) is 19.1. The number of dihydropyridines is 1. The first-order valence-corrected chi connectivity index (χ1v) is 12.1. The summed E-state index contributed by atoms with van der Waals surface area (Å²) in [5, 5.41) is 5.33. The van der Waals surface area contributed by atoms with E-state index < -0.39 is 0 Å². The monoisotopic (exact) mass is 456 g/mol. The van der Waals surface area contributed by atoms with Gasteiger partial charge in [0.2, 0.25) is 0 Å². The van der Waals surface area contributed by atoms with Gasteiger partial charge >= 0.3 is 0 Å². The Morgan fingerprint density at radius 2 is 1.58 bits per heavy atom. The van der Waals surface area contributed by atoms with Crippen LogP contribution in [0.4, 0.5) is 0 Å². The number of nitrogens with one attached hydrogen (secondary N) is 1. The average Bonchev–Trinajstić information content (AvgIpc) is 3.16. The highest BCUT2D eigenvalue weighted by atomic mass is 35.5. The molecule has 2 heterocycles. The molecule has 33 heavy (non-hydrogen) atoms. The van der Waals surface area contributed by atoms with Crippen molar-refractivity contribution in [3.8, 4) is 0 Å². The topological polar surface area (TPSA) is 51.1 Å². The lowest BCUT2D eigenvalue weighted by Gasteiger charge is -2.37. The molecule has 6 rings (SSSR count). The number of benzene rings is 2. The number of para-hydroxylation sites is 1. The smallest absolute Gasteiger partial charge is 0.161 e. The van der Waals surface area contributed by atoms with Crippen LogP contribution in [0.15, 0.2) is 77.3 Å². The van der Waals surface area contributed by atoms with Crippen molar-refractivity contribution >= 4 is 34.1 Å². The van der Waals surface area contributed by atoms with E-state index in [0.29, 0.717) is 24.4 Å². The molecule has 0 saturated heterocycles. The maximum Gasteiger partial charge on any atom is 0.161 e. The maximum atomic E-state index is 13.2. The second-order valence-electron chi connectivity index (χ2n) is 9.26. The van der Waals surface area contributed by atoms with Crippen molar-refractivity contribution in [3.63, 3.8) is 0 Å². The number of hydrogen-bond donors (Lipinski definition) is 1. The minimum Gasteiger partial charge on any atom is -0.362 e. The third kappa shape index (κ3) is 3.44. The molecule has 0 saturated carbocycles. The minimum atomic E-state index is -0.289. The fourth-order valence-corrected chi connectivity index (χ4v) is 5.98. The van der Waals surface area contributed by atoms with Gasteiger partial charge in [-0.15, -0.1) is 0 Å². The molecule has 2 aromatic carbocycles. The summed E-state index contributed by atoms with van der Waals surface area (Å²) in [6.45, 7) is 0.672. The predicted octanol–water partition coefficient (Wildman–Crippen LogP) is 6.04. The van der Waals surface area contributed by atoms with Crippen LogP contribution in [0.5, 0.6) is 0 Å². The highest BCUT2D eigenvalue weighted by Crippen LogP contribution is 2.47. The van der Waals surface area contributed by atoms with E-state index in [1.54, 1.807) is 0 Å². The van der Waals surface area contributed by atoms with E-state index in [0.717, 1.165) is 70.3 Å².